The minimum absolute atomic E-state index is 0.341. The first-order valence-corrected chi connectivity index (χ1v) is 8.40. The Morgan fingerprint density at radius 1 is 1.04 bits per heavy atom. The van der Waals surface area contributed by atoms with Gasteiger partial charge in [0.15, 0.2) is 0 Å². The van der Waals surface area contributed by atoms with Crippen LogP contribution in [-0.2, 0) is 11.3 Å². The molecular weight excluding hydrogens is 314 g/mol. The van der Waals surface area contributed by atoms with E-state index in [1.165, 1.54) is 5.56 Å². The summed E-state index contributed by atoms with van der Waals surface area (Å²) in [5.74, 6) is -0.341. The Bertz CT molecular complexity index is 699. The molecule has 0 fully saturated rings. The van der Waals surface area contributed by atoms with Gasteiger partial charge in [-0.25, -0.2) is 4.79 Å². The number of urea groups is 1. The molecule has 2 N–H and O–H groups in total. The molecule has 0 aliphatic heterocycles. The molecule has 0 heterocycles. The van der Waals surface area contributed by atoms with Crippen molar-refractivity contribution in [3.8, 4) is 0 Å². The van der Waals surface area contributed by atoms with Gasteiger partial charge in [-0.1, -0.05) is 60.2 Å². The molecule has 2 aromatic carbocycles. The lowest BCUT2D eigenvalue weighted by molar-refractivity contribution is -0.125. The zero-order chi connectivity index (χ0) is 18.2. The number of hydrogen-bond acceptors (Lipinski definition) is 3. The van der Waals surface area contributed by atoms with Crippen LogP contribution in [0, 0.1) is 6.92 Å². The summed E-state index contributed by atoms with van der Waals surface area (Å²) < 4.78 is 0. The van der Waals surface area contributed by atoms with E-state index < -0.39 is 12.1 Å². The van der Waals surface area contributed by atoms with Crippen molar-refractivity contribution in [1.29, 1.82) is 0 Å². The SMILES string of the molecule is CCNC(=O)NC(=O)[C@@H](c1ccccc1)N(C)Cc1ccc(C)cc1. The lowest BCUT2D eigenvalue weighted by Gasteiger charge is -2.27. The molecule has 0 saturated heterocycles. The maximum atomic E-state index is 12.7. The van der Waals surface area contributed by atoms with E-state index in [0.717, 1.165) is 11.1 Å². The normalized spacial score (nSPS) is 11.8. The first-order chi connectivity index (χ1) is 12.0. The first-order valence-electron chi connectivity index (χ1n) is 8.40. The second-order valence-corrected chi connectivity index (χ2v) is 6.06. The van der Waals surface area contributed by atoms with E-state index in [9.17, 15) is 9.59 Å². The number of carbonyl (C=O) groups excluding carboxylic acids is 2. The first kappa shape index (κ1) is 18.7. The summed E-state index contributed by atoms with van der Waals surface area (Å²) in [5, 5.41) is 5.01. The fourth-order valence-electron chi connectivity index (χ4n) is 2.70. The number of aryl methyl sites for hydroxylation is 1. The molecule has 0 saturated carbocycles. The molecule has 0 aliphatic rings. The van der Waals surface area contributed by atoms with Crippen molar-refractivity contribution >= 4 is 11.9 Å². The van der Waals surface area contributed by atoms with Crippen molar-refractivity contribution in [3.05, 3.63) is 71.3 Å². The smallest absolute Gasteiger partial charge is 0.321 e. The summed E-state index contributed by atoms with van der Waals surface area (Å²) in [4.78, 5) is 26.4. The lowest BCUT2D eigenvalue weighted by Crippen LogP contribution is -2.45. The van der Waals surface area contributed by atoms with Gasteiger partial charge in [0.2, 0.25) is 5.91 Å². The van der Waals surface area contributed by atoms with Crippen molar-refractivity contribution in [2.45, 2.75) is 26.4 Å². The Morgan fingerprint density at radius 2 is 1.68 bits per heavy atom. The predicted octanol–water partition coefficient (Wildman–Crippen LogP) is 3.01. The highest BCUT2D eigenvalue weighted by Crippen LogP contribution is 2.21. The van der Waals surface area contributed by atoms with Crippen LogP contribution in [0.5, 0.6) is 0 Å². The van der Waals surface area contributed by atoms with Crippen LogP contribution in [0.15, 0.2) is 54.6 Å². The van der Waals surface area contributed by atoms with Gasteiger partial charge in [-0.05, 0) is 32.0 Å². The van der Waals surface area contributed by atoms with Crippen LogP contribution < -0.4 is 10.6 Å². The fraction of sp³-hybridized carbons (Fsp3) is 0.300. The highest BCUT2D eigenvalue weighted by Gasteiger charge is 2.26. The Labute approximate surface area is 149 Å². The molecule has 2 rings (SSSR count). The number of likely N-dealkylation sites (N-methyl/N-ethyl adjacent to an activating group) is 1. The van der Waals surface area contributed by atoms with Crippen LogP contribution in [0.2, 0.25) is 0 Å². The van der Waals surface area contributed by atoms with Gasteiger partial charge in [-0.2, -0.15) is 0 Å². The minimum Gasteiger partial charge on any atom is -0.338 e. The average Bonchev–Trinajstić information content (AvgIpc) is 2.58. The van der Waals surface area contributed by atoms with Gasteiger partial charge in [0.1, 0.15) is 6.04 Å². The van der Waals surface area contributed by atoms with Gasteiger partial charge in [-0.15, -0.1) is 0 Å². The molecule has 5 heteroatoms. The summed E-state index contributed by atoms with van der Waals surface area (Å²) >= 11 is 0. The lowest BCUT2D eigenvalue weighted by atomic mass is 10.0. The van der Waals surface area contributed by atoms with Gasteiger partial charge < -0.3 is 5.32 Å². The summed E-state index contributed by atoms with van der Waals surface area (Å²) in [5.41, 5.74) is 3.15. The number of rotatable bonds is 6. The summed E-state index contributed by atoms with van der Waals surface area (Å²) in [6.07, 6.45) is 0. The topological polar surface area (TPSA) is 61.4 Å². The largest absolute Gasteiger partial charge is 0.338 e. The maximum Gasteiger partial charge on any atom is 0.321 e. The van der Waals surface area contributed by atoms with E-state index >= 15 is 0 Å². The predicted molar refractivity (Wildman–Crippen MR) is 99.0 cm³/mol. The molecule has 0 spiro atoms. The molecule has 0 bridgehead atoms. The zero-order valence-corrected chi connectivity index (χ0v) is 15.0. The van der Waals surface area contributed by atoms with Gasteiger partial charge in [0, 0.05) is 13.1 Å². The Morgan fingerprint density at radius 3 is 2.28 bits per heavy atom. The summed E-state index contributed by atoms with van der Waals surface area (Å²) in [6.45, 7) is 4.92. The Kier molecular flexibility index (Phi) is 6.71. The van der Waals surface area contributed by atoms with Crippen molar-refractivity contribution < 1.29 is 9.59 Å². The third kappa shape index (κ3) is 5.43. The van der Waals surface area contributed by atoms with Crippen LogP contribution in [0.1, 0.15) is 29.7 Å². The summed E-state index contributed by atoms with van der Waals surface area (Å²) in [6, 6.07) is 16.7. The second kappa shape index (κ2) is 8.99. The Balaban J connectivity index is 2.20. The van der Waals surface area contributed by atoms with Crippen LogP contribution in [0.4, 0.5) is 4.79 Å². The molecule has 0 unspecified atom stereocenters. The third-order valence-electron chi connectivity index (χ3n) is 3.93. The van der Waals surface area contributed by atoms with E-state index in [4.69, 9.17) is 0 Å². The second-order valence-electron chi connectivity index (χ2n) is 6.06. The van der Waals surface area contributed by atoms with Crippen molar-refractivity contribution in [3.63, 3.8) is 0 Å². The standard InChI is InChI=1S/C20H25N3O2/c1-4-21-20(25)22-19(24)18(17-8-6-5-7-9-17)23(3)14-16-12-10-15(2)11-13-16/h5-13,18H,4,14H2,1-3H3,(H2,21,22,24,25)/t18-/m1/s1. The molecule has 2 aromatic rings. The van der Waals surface area contributed by atoms with Gasteiger partial charge >= 0.3 is 6.03 Å². The number of nitrogens with one attached hydrogen (secondary N) is 2. The highest BCUT2D eigenvalue weighted by molar-refractivity contribution is 5.97. The van der Waals surface area contributed by atoms with Crippen LogP contribution in [-0.4, -0.2) is 30.4 Å². The number of carbonyl (C=O) groups is 2. The maximum absolute atomic E-state index is 12.7. The van der Waals surface area contributed by atoms with E-state index in [2.05, 4.69) is 34.9 Å². The quantitative estimate of drug-likeness (QED) is 0.850. The van der Waals surface area contributed by atoms with Crippen LogP contribution in [0.3, 0.4) is 0 Å². The third-order valence-corrected chi connectivity index (χ3v) is 3.93. The molecule has 132 valence electrons. The molecule has 0 radical (unpaired) electrons. The number of imide groups is 1. The van der Waals surface area contributed by atoms with Gasteiger partial charge in [0.25, 0.3) is 0 Å². The zero-order valence-electron chi connectivity index (χ0n) is 15.0. The van der Waals surface area contributed by atoms with Crippen molar-refractivity contribution in [1.82, 2.24) is 15.5 Å². The van der Waals surface area contributed by atoms with Crippen LogP contribution >= 0.6 is 0 Å². The molecule has 5 nitrogen and oxygen atoms in total. The Hall–Kier alpha value is -2.66. The van der Waals surface area contributed by atoms with Gasteiger partial charge in [0.05, 0.1) is 0 Å². The molecule has 25 heavy (non-hydrogen) atoms. The number of hydrogen-bond donors (Lipinski definition) is 2. The van der Waals surface area contributed by atoms with Crippen molar-refractivity contribution in [2.24, 2.45) is 0 Å². The molecule has 0 aliphatic carbocycles. The van der Waals surface area contributed by atoms with Gasteiger partial charge in [-0.3, -0.25) is 15.0 Å². The minimum atomic E-state index is -0.551. The molecular formula is C20H25N3O2. The number of amides is 3. The molecule has 1 atom stereocenters. The van der Waals surface area contributed by atoms with E-state index in [1.54, 1.807) is 0 Å². The fourth-order valence-corrected chi connectivity index (χ4v) is 2.70. The van der Waals surface area contributed by atoms with Crippen molar-refractivity contribution in [2.75, 3.05) is 13.6 Å². The molecule has 3 amide bonds. The highest BCUT2D eigenvalue weighted by atomic mass is 16.2. The molecule has 0 aromatic heterocycles. The number of nitrogens with zero attached hydrogens (tertiary/aromatic N) is 1. The monoisotopic (exact) mass is 339 g/mol. The van der Waals surface area contributed by atoms with E-state index in [1.807, 2.05) is 56.1 Å². The summed E-state index contributed by atoms with van der Waals surface area (Å²) in [7, 11) is 1.88. The number of benzene rings is 2. The van der Waals surface area contributed by atoms with E-state index in [-0.39, 0.29) is 5.91 Å². The van der Waals surface area contributed by atoms with Crippen LogP contribution in [0.25, 0.3) is 0 Å². The van der Waals surface area contributed by atoms with E-state index in [0.29, 0.717) is 13.1 Å². The average molecular weight is 339 g/mol.